The van der Waals surface area contributed by atoms with Crippen LogP contribution in [0.1, 0.15) is 36.5 Å². The molecule has 0 aliphatic rings. The lowest BCUT2D eigenvalue weighted by atomic mass is 10.2. The third-order valence-corrected chi connectivity index (χ3v) is 4.31. The van der Waals surface area contributed by atoms with Crippen molar-refractivity contribution >= 4 is 17.6 Å². The highest BCUT2D eigenvalue weighted by atomic mass is 16.6. The highest BCUT2D eigenvalue weighted by Crippen LogP contribution is 2.22. The molecule has 1 unspecified atom stereocenters. The molecule has 2 rings (SSSR count). The van der Waals surface area contributed by atoms with Gasteiger partial charge in [0.1, 0.15) is 12.2 Å². The molecular weight excluding hydrogens is 368 g/mol. The number of nitro groups is 1. The fourth-order valence-corrected chi connectivity index (χ4v) is 2.67. The van der Waals surface area contributed by atoms with Gasteiger partial charge in [-0.3, -0.25) is 24.5 Å². The Morgan fingerprint density at radius 3 is 2.57 bits per heavy atom. The number of carbonyl (C=O) groups excluding carboxylic acids is 1. The van der Waals surface area contributed by atoms with Crippen LogP contribution in [-0.4, -0.2) is 49.2 Å². The number of hydrogen-bond acceptors (Lipinski definition) is 6. The molecule has 148 valence electrons. The zero-order chi connectivity index (χ0) is 21.0. The third kappa shape index (κ3) is 4.22. The van der Waals surface area contributed by atoms with E-state index in [1.54, 1.807) is 19.9 Å². The van der Waals surface area contributed by atoms with Crippen molar-refractivity contribution in [2.24, 2.45) is 0 Å². The van der Waals surface area contributed by atoms with E-state index in [1.807, 2.05) is 0 Å². The van der Waals surface area contributed by atoms with Gasteiger partial charge in [0.15, 0.2) is 5.69 Å². The SMILES string of the molecule is CCC(C)N(CC(=O)O)C(=O)c1nn(-c2ccccc2[N+](=O)[O-])c(C)cc1=O. The number of carbonyl (C=O) groups is 2. The van der Waals surface area contributed by atoms with Gasteiger partial charge < -0.3 is 10.0 Å². The summed E-state index contributed by atoms with van der Waals surface area (Å²) in [5, 5.41) is 24.5. The summed E-state index contributed by atoms with van der Waals surface area (Å²) in [7, 11) is 0. The monoisotopic (exact) mass is 388 g/mol. The Balaban J connectivity index is 2.63. The lowest BCUT2D eigenvalue weighted by Gasteiger charge is -2.26. The average molecular weight is 388 g/mol. The second-order valence-corrected chi connectivity index (χ2v) is 6.24. The Morgan fingerprint density at radius 2 is 2.00 bits per heavy atom. The number of para-hydroxylation sites is 2. The van der Waals surface area contributed by atoms with Crippen molar-refractivity contribution in [3.05, 3.63) is 62.1 Å². The minimum absolute atomic E-state index is 0.0902. The van der Waals surface area contributed by atoms with E-state index in [0.29, 0.717) is 12.1 Å². The lowest BCUT2D eigenvalue weighted by Crippen LogP contribution is -2.44. The second kappa shape index (κ2) is 8.42. The molecule has 0 bridgehead atoms. The van der Waals surface area contributed by atoms with Crippen molar-refractivity contribution < 1.29 is 19.6 Å². The first-order valence-corrected chi connectivity index (χ1v) is 8.54. The Hall–Kier alpha value is -3.56. The highest BCUT2D eigenvalue weighted by Gasteiger charge is 2.27. The van der Waals surface area contributed by atoms with Gasteiger partial charge in [0.25, 0.3) is 11.6 Å². The molecule has 1 amide bonds. The molecule has 0 saturated carbocycles. The van der Waals surface area contributed by atoms with Gasteiger partial charge in [-0.1, -0.05) is 19.1 Å². The van der Waals surface area contributed by atoms with Gasteiger partial charge in [0.05, 0.1) is 4.92 Å². The summed E-state index contributed by atoms with van der Waals surface area (Å²) in [6, 6.07) is 6.49. The number of rotatable bonds is 7. The Kier molecular flexibility index (Phi) is 6.24. The van der Waals surface area contributed by atoms with E-state index in [9.17, 15) is 24.5 Å². The molecule has 1 heterocycles. The molecule has 0 fully saturated rings. The van der Waals surface area contributed by atoms with Crippen molar-refractivity contribution in [3.63, 3.8) is 0 Å². The predicted molar refractivity (Wildman–Crippen MR) is 99.7 cm³/mol. The van der Waals surface area contributed by atoms with Gasteiger partial charge in [0, 0.05) is 23.9 Å². The van der Waals surface area contributed by atoms with E-state index in [2.05, 4.69) is 5.10 Å². The molecule has 10 heteroatoms. The maximum atomic E-state index is 12.9. The van der Waals surface area contributed by atoms with Gasteiger partial charge in [-0.2, -0.15) is 5.10 Å². The summed E-state index contributed by atoms with van der Waals surface area (Å²) in [4.78, 5) is 48.2. The number of benzene rings is 1. The topological polar surface area (TPSA) is 136 Å². The number of amides is 1. The number of carboxylic acids is 1. The quantitative estimate of drug-likeness (QED) is 0.564. The van der Waals surface area contributed by atoms with Crippen LogP contribution < -0.4 is 5.43 Å². The first-order chi connectivity index (χ1) is 13.2. The molecule has 0 spiro atoms. The predicted octanol–water partition coefficient (Wildman–Crippen LogP) is 1.77. The number of carboxylic acid groups (broad SMARTS) is 1. The third-order valence-electron chi connectivity index (χ3n) is 4.31. The maximum Gasteiger partial charge on any atom is 0.323 e. The van der Waals surface area contributed by atoms with Crippen LogP contribution in [0.3, 0.4) is 0 Å². The fourth-order valence-electron chi connectivity index (χ4n) is 2.67. The molecular formula is C18H20N4O6. The molecule has 28 heavy (non-hydrogen) atoms. The Bertz CT molecular complexity index is 984. The summed E-state index contributed by atoms with van der Waals surface area (Å²) in [5.41, 5.74) is -1.04. The number of aryl methyl sites for hydroxylation is 1. The number of nitrogens with zero attached hydrogens (tertiary/aromatic N) is 4. The molecule has 2 aromatic rings. The average Bonchev–Trinajstić information content (AvgIpc) is 2.65. The van der Waals surface area contributed by atoms with E-state index in [0.717, 1.165) is 15.6 Å². The fraction of sp³-hybridized carbons (Fsp3) is 0.333. The Labute approximate surface area is 160 Å². The highest BCUT2D eigenvalue weighted by molar-refractivity contribution is 5.94. The molecule has 0 aliphatic heterocycles. The molecule has 0 aliphatic carbocycles. The number of aromatic nitrogens is 2. The van der Waals surface area contributed by atoms with Gasteiger partial charge >= 0.3 is 5.97 Å². The molecule has 1 aromatic heterocycles. The van der Waals surface area contributed by atoms with Crippen LogP contribution in [0.5, 0.6) is 0 Å². The minimum Gasteiger partial charge on any atom is -0.480 e. The molecule has 1 N–H and O–H groups in total. The summed E-state index contributed by atoms with van der Waals surface area (Å²) in [6.07, 6.45) is 0.475. The molecule has 1 aromatic carbocycles. The van der Waals surface area contributed by atoms with Crippen molar-refractivity contribution in [1.29, 1.82) is 0 Å². The largest absolute Gasteiger partial charge is 0.480 e. The van der Waals surface area contributed by atoms with Crippen LogP contribution in [0, 0.1) is 17.0 Å². The molecule has 1 atom stereocenters. The summed E-state index contributed by atoms with van der Waals surface area (Å²) < 4.78 is 1.14. The number of aliphatic carboxylic acids is 1. The first-order valence-electron chi connectivity index (χ1n) is 8.54. The summed E-state index contributed by atoms with van der Waals surface area (Å²) >= 11 is 0. The van der Waals surface area contributed by atoms with Gasteiger partial charge in [-0.05, 0) is 26.3 Å². The van der Waals surface area contributed by atoms with Gasteiger partial charge in [0.2, 0.25) is 5.43 Å². The minimum atomic E-state index is -1.22. The van der Waals surface area contributed by atoms with Crippen LogP contribution in [0.4, 0.5) is 5.69 Å². The second-order valence-electron chi connectivity index (χ2n) is 6.24. The lowest BCUT2D eigenvalue weighted by molar-refractivity contribution is -0.384. The maximum absolute atomic E-state index is 12.9. The van der Waals surface area contributed by atoms with E-state index in [-0.39, 0.29) is 11.4 Å². The van der Waals surface area contributed by atoms with E-state index in [1.165, 1.54) is 25.1 Å². The van der Waals surface area contributed by atoms with Crippen LogP contribution in [-0.2, 0) is 4.79 Å². The molecule has 0 radical (unpaired) electrons. The van der Waals surface area contributed by atoms with Crippen molar-refractivity contribution in [2.75, 3.05) is 6.54 Å². The van der Waals surface area contributed by atoms with Crippen LogP contribution in [0.25, 0.3) is 5.69 Å². The van der Waals surface area contributed by atoms with Crippen LogP contribution in [0.15, 0.2) is 35.1 Å². The van der Waals surface area contributed by atoms with Crippen LogP contribution in [0.2, 0.25) is 0 Å². The Morgan fingerprint density at radius 1 is 1.36 bits per heavy atom. The van der Waals surface area contributed by atoms with E-state index >= 15 is 0 Å². The van der Waals surface area contributed by atoms with E-state index in [4.69, 9.17) is 5.11 Å². The van der Waals surface area contributed by atoms with Crippen molar-refractivity contribution in [1.82, 2.24) is 14.7 Å². The zero-order valence-corrected chi connectivity index (χ0v) is 15.7. The van der Waals surface area contributed by atoms with Crippen molar-refractivity contribution in [2.45, 2.75) is 33.2 Å². The molecule has 10 nitrogen and oxygen atoms in total. The van der Waals surface area contributed by atoms with Gasteiger partial charge in [-0.15, -0.1) is 0 Å². The van der Waals surface area contributed by atoms with Gasteiger partial charge in [-0.25, -0.2) is 4.68 Å². The zero-order valence-electron chi connectivity index (χ0n) is 15.7. The van der Waals surface area contributed by atoms with Crippen molar-refractivity contribution in [3.8, 4) is 5.69 Å². The number of nitro benzene ring substituents is 1. The summed E-state index contributed by atoms with van der Waals surface area (Å²) in [5.74, 6) is -2.06. The standard InChI is InChI=1S/C18H20N4O6/c1-4-11(2)20(10-16(24)25)18(26)17-15(23)9-12(3)21(19-17)13-7-5-6-8-14(13)22(27)28/h5-9,11H,4,10H2,1-3H3,(H,24,25). The normalized spacial score (nSPS) is 11.7. The van der Waals surface area contributed by atoms with E-state index < -0.39 is 40.5 Å². The smallest absolute Gasteiger partial charge is 0.323 e. The number of hydrogen-bond donors (Lipinski definition) is 1. The summed E-state index contributed by atoms with van der Waals surface area (Å²) in [6.45, 7) is 4.38. The first kappa shape index (κ1) is 20.7. The molecule has 0 saturated heterocycles. The van der Waals surface area contributed by atoms with Crippen LogP contribution >= 0.6 is 0 Å².